The van der Waals surface area contributed by atoms with E-state index in [-0.39, 0.29) is 11.5 Å². The highest BCUT2D eigenvalue weighted by atomic mass is 19.3. The van der Waals surface area contributed by atoms with Crippen molar-refractivity contribution in [2.45, 2.75) is 38.4 Å². The fourth-order valence-electron chi connectivity index (χ4n) is 1.68. The van der Waals surface area contributed by atoms with E-state index in [4.69, 9.17) is 0 Å². The minimum atomic E-state index is -4.68. The van der Waals surface area contributed by atoms with E-state index in [0.717, 1.165) is 0 Å². The molecule has 18 heavy (non-hydrogen) atoms. The highest BCUT2D eigenvalue weighted by Gasteiger charge is 2.66. The maximum atomic E-state index is 13.1. The molecule has 0 spiro atoms. The van der Waals surface area contributed by atoms with Crippen molar-refractivity contribution in [3.8, 4) is 11.5 Å². The van der Waals surface area contributed by atoms with Crippen LogP contribution in [0, 0.1) is 0 Å². The maximum absolute atomic E-state index is 13.1. The van der Waals surface area contributed by atoms with Gasteiger partial charge < -0.3 is 9.47 Å². The number of hydrogen-bond donors (Lipinski definition) is 0. The van der Waals surface area contributed by atoms with Gasteiger partial charge in [0.25, 0.3) is 0 Å². The molecule has 0 saturated heterocycles. The van der Waals surface area contributed by atoms with Crippen LogP contribution in [0.5, 0.6) is 11.5 Å². The van der Waals surface area contributed by atoms with Gasteiger partial charge in [0.1, 0.15) is 0 Å². The van der Waals surface area contributed by atoms with Crippen molar-refractivity contribution >= 4 is 0 Å². The molecular weight excluding hydrogens is 252 g/mol. The first-order valence-electron chi connectivity index (χ1n) is 5.32. The Morgan fingerprint density at radius 1 is 0.944 bits per heavy atom. The third-order valence-corrected chi connectivity index (χ3v) is 2.59. The first-order valence-corrected chi connectivity index (χ1v) is 5.32. The van der Waals surface area contributed by atoms with Gasteiger partial charge in [0, 0.05) is 5.56 Å². The molecule has 0 aromatic heterocycles. The molecule has 1 aliphatic heterocycles. The topological polar surface area (TPSA) is 18.5 Å². The van der Waals surface area contributed by atoms with Crippen molar-refractivity contribution in [3.05, 3.63) is 23.8 Å². The number of ether oxygens (including phenoxy) is 2. The molecule has 0 unspecified atom stereocenters. The van der Waals surface area contributed by atoms with Crippen LogP contribution in [0.3, 0.4) is 0 Å². The average Bonchev–Trinajstić information content (AvgIpc) is 2.16. The number of benzene rings is 1. The van der Waals surface area contributed by atoms with Gasteiger partial charge in [-0.1, -0.05) is 32.9 Å². The molecule has 6 heteroatoms. The second-order valence-corrected chi connectivity index (χ2v) is 5.12. The van der Waals surface area contributed by atoms with E-state index in [9.17, 15) is 17.6 Å². The molecule has 100 valence electrons. The number of rotatable bonds is 0. The zero-order chi connectivity index (χ0) is 13.8. The summed E-state index contributed by atoms with van der Waals surface area (Å²) in [7, 11) is 0. The summed E-state index contributed by atoms with van der Waals surface area (Å²) in [4.78, 5) is 0. The number of halogens is 4. The maximum Gasteiger partial charge on any atom is 0.507 e. The summed E-state index contributed by atoms with van der Waals surface area (Å²) in [6.07, 6.45) is -9.35. The predicted molar refractivity (Wildman–Crippen MR) is 56.3 cm³/mol. The second-order valence-electron chi connectivity index (χ2n) is 5.12. The Balaban J connectivity index is 2.58. The summed E-state index contributed by atoms with van der Waals surface area (Å²) in [6.45, 7) is 5.28. The molecule has 0 N–H and O–H groups in total. The molecule has 1 aliphatic rings. The SMILES string of the molecule is CC(C)(C)c1cccc2c1OC(F)(F)C(F)(F)O2. The molecule has 0 bridgehead atoms. The quantitative estimate of drug-likeness (QED) is 0.661. The molecule has 1 heterocycles. The molecule has 0 aliphatic carbocycles. The van der Waals surface area contributed by atoms with Crippen molar-refractivity contribution < 1.29 is 27.0 Å². The van der Waals surface area contributed by atoms with Gasteiger partial charge in [0.05, 0.1) is 0 Å². The van der Waals surface area contributed by atoms with Gasteiger partial charge in [-0.2, -0.15) is 17.6 Å². The van der Waals surface area contributed by atoms with Gasteiger partial charge in [-0.15, -0.1) is 0 Å². The van der Waals surface area contributed by atoms with Crippen LogP contribution >= 0.6 is 0 Å². The van der Waals surface area contributed by atoms with Crippen LogP contribution in [0.4, 0.5) is 17.6 Å². The highest BCUT2D eigenvalue weighted by molar-refractivity contribution is 5.51. The molecule has 2 rings (SSSR count). The van der Waals surface area contributed by atoms with Crippen LogP contribution in [0.1, 0.15) is 26.3 Å². The minimum absolute atomic E-state index is 0.332. The van der Waals surface area contributed by atoms with Crippen molar-refractivity contribution in [1.82, 2.24) is 0 Å². The summed E-state index contributed by atoms with van der Waals surface area (Å²) >= 11 is 0. The largest absolute Gasteiger partial charge is 0.507 e. The lowest BCUT2D eigenvalue weighted by Gasteiger charge is -2.34. The van der Waals surface area contributed by atoms with Crippen LogP contribution in [-0.4, -0.2) is 12.2 Å². The number of para-hydroxylation sites is 1. The van der Waals surface area contributed by atoms with Gasteiger partial charge >= 0.3 is 12.2 Å². The molecule has 0 saturated carbocycles. The zero-order valence-electron chi connectivity index (χ0n) is 10.1. The van der Waals surface area contributed by atoms with E-state index >= 15 is 0 Å². The second kappa shape index (κ2) is 3.52. The summed E-state index contributed by atoms with van der Waals surface area (Å²) in [6, 6.07) is 4.18. The van der Waals surface area contributed by atoms with Crippen LogP contribution in [-0.2, 0) is 5.41 Å². The molecule has 0 fully saturated rings. The number of hydrogen-bond acceptors (Lipinski definition) is 2. The summed E-state index contributed by atoms with van der Waals surface area (Å²) < 4.78 is 60.5. The Hall–Kier alpha value is -1.46. The Bertz CT molecular complexity index is 477. The van der Waals surface area contributed by atoms with E-state index in [2.05, 4.69) is 9.47 Å². The Morgan fingerprint density at radius 2 is 1.50 bits per heavy atom. The van der Waals surface area contributed by atoms with Gasteiger partial charge in [0.2, 0.25) is 0 Å². The van der Waals surface area contributed by atoms with Gasteiger partial charge in [-0.25, -0.2) is 0 Å². The number of fused-ring (bicyclic) bond motifs is 1. The normalized spacial score (nSPS) is 20.6. The smallest absolute Gasteiger partial charge is 0.421 e. The fourth-order valence-corrected chi connectivity index (χ4v) is 1.68. The molecule has 0 radical (unpaired) electrons. The van der Waals surface area contributed by atoms with Crippen molar-refractivity contribution in [2.75, 3.05) is 0 Å². The lowest BCUT2D eigenvalue weighted by molar-refractivity contribution is -0.391. The van der Waals surface area contributed by atoms with E-state index in [1.807, 2.05) is 0 Å². The van der Waals surface area contributed by atoms with Crippen molar-refractivity contribution in [1.29, 1.82) is 0 Å². The third-order valence-electron chi connectivity index (χ3n) is 2.59. The molecule has 1 aromatic rings. The van der Waals surface area contributed by atoms with Crippen LogP contribution in [0.25, 0.3) is 0 Å². The van der Waals surface area contributed by atoms with Gasteiger partial charge in [-0.3, -0.25) is 0 Å². The Kier molecular flexibility index (Phi) is 2.54. The first-order chi connectivity index (χ1) is 8.05. The van der Waals surface area contributed by atoms with E-state index in [0.29, 0.717) is 5.56 Å². The predicted octanol–water partition coefficient (Wildman–Crippen LogP) is 3.94. The van der Waals surface area contributed by atoms with E-state index in [1.54, 1.807) is 26.8 Å². The minimum Gasteiger partial charge on any atom is -0.421 e. The molecule has 2 nitrogen and oxygen atoms in total. The van der Waals surface area contributed by atoms with Crippen molar-refractivity contribution in [2.24, 2.45) is 0 Å². The van der Waals surface area contributed by atoms with E-state index < -0.39 is 17.6 Å². The van der Waals surface area contributed by atoms with E-state index in [1.165, 1.54) is 12.1 Å². The standard InChI is InChI=1S/C12H12F4O2/c1-10(2,3)7-5-4-6-8-9(7)18-12(15,16)11(13,14)17-8/h4-6H,1-3H3. The summed E-state index contributed by atoms with van der Waals surface area (Å²) in [5.74, 6) is -0.709. The fraction of sp³-hybridized carbons (Fsp3) is 0.500. The monoisotopic (exact) mass is 264 g/mol. The molecule has 0 atom stereocenters. The highest BCUT2D eigenvalue weighted by Crippen LogP contribution is 2.50. The average molecular weight is 264 g/mol. The van der Waals surface area contributed by atoms with Crippen LogP contribution < -0.4 is 9.47 Å². The van der Waals surface area contributed by atoms with Gasteiger partial charge in [0.15, 0.2) is 11.5 Å². The van der Waals surface area contributed by atoms with Crippen LogP contribution in [0.2, 0.25) is 0 Å². The lowest BCUT2D eigenvalue weighted by atomic mass is 9.86. The lowest BCUT2D eigenvalue weighted by Crippen LogP contribution is -2.52. The Labute approximate surface area is 102 Å². The third kappa shape index (κ3) is 1.89. The molecule has 1 aromatic carbocycles. The first kappa shape index (κ1) is 13.0. The molecular formula is C12H12F4O2. The zero-order valence-corrected chi connectivity index (χ0v) is 10.1. The van der Waals surface area contributed by atoms with Crippen LogP contribution in [0.15, 0.2) is 18.2 Å². The summed E-state index contributed by atoms with van der Waals surface area (Å²) in [5.41, 5.74) is -0.146. The number of alkyl halides is 4. The summed E-state index contributed by atoms with van der Waals surface area (Å²) in [5, 5.41) is 0. The van der Waals surface area contributed by atoms with Gasteiger partial charge in [-0.05, 0) is 11.5 Å². The Morgan fingerprint density at radius 3 is 2.06 bits per heavy atom. The van der Waals surface area contributed by atoms with Crippen molar-refractivity contribution in [3.63, 3.8) is 0 Å². The molecule has 0 amide bonds.